The molecule has 0 saturated carbocycles. The van der Waals surface area contributed by atoms with E-state index in [1.807, 2.05) is 6.07 Å². The smallest absolute Gasteiger partial charge is 0.381 e. The van der Waals surface area contributed by atoms with Crippen LogP contribution in [0.4, 0.5) is 13.2 Å². The molecular formula is C27H33F3N4O2. The lowest BCUT2D eigenvalue weighted by Crippen LogP contribution is -2.49. The van der Waals surface area contributed by atoms with Gasteiger partial charge in [-0.2, -0.15) is 18.4 Å². The number of benzene rings is 1. The Balaban J connectivity index is 1.32. The predicted octanol–water partition coefficient (Wildman–Crippen LogP) is 4.61. The molecule has 0 radical (unpaired) electrons. The van der Waals surface area contributed by atoms with Gasteiger partial charge in [-0.05, 0) is 86.7 Å². The number of ether oxygens (including phenoxy) is 1. The number of aromatic nitrogens is 1. The van der Waals surface area contributed by atoms with Crippen LogP contribution in [0.25, 0.3) is 10.9 Å². The highest BCUT2D eigenvalue weighted by atomic mass is 19.4. The van der Waals surface area contributed by atoms with Gasteiger partial charge in [0.15, 0.2) is 0 Å². The van der Waals surface area contributed by atoms with E-state index in [0.717, 1.165) is 55.3 Å². The minimum Gasteiger partial charge on any atom is -0.381 e. The van der Waals surface area contributed by atoms with E-state index in [-0.39, 0.29) is 18.4 Å². The van der Waals surface area contributed by atoms with E-state index in [2.05, 4.69) is 22.1 Å². The van der Waals surface area contributed by atoms with Gasteiger partial charge in [0.1, 0.15) is 6.54 Å². The van der Waals surface area contributed by atoms with E-state index in [0.29, 0.717) is 49.7 Å². The van der Waals surface area contributed by atoms with Crippen molar-refractivity contribution in [1.29, 1.82) is 5.26 Å². The zero-order valence-corrected chi connectivity index (χ0v) is 20.6. The molecule has 3 heterocycles. The van der Waals surface area contributed by atoms with E-state index in [1.165, 1.54) is 6.07 Å². The summed E-state index contributed by atoms with van der Waals surface area (Å²) in [6, 6.07) is 6.01. The lowest BCUT2D eigenvalue weighted by atomic mass is 9.68. The van der Waals surface area contributed by atoms with Gasteiger partial charge in [0.05, 0.1) is 17.0 Å². The van der Waals surface area contributed by atoms with Gasteiger partial charge in [-0.15, -0.1) is 0 Å². The summed E-state index contributed by atoms with van der Waals surface area (Å²) < 4.78 is 45.7. The molecule has 9 heteroatoms. The summed E-state index contributed by atoms with van der Waals surface area (Å²) in [6.45, 7) is 5.87. The average molecular weight is 503 g/mol. The molecular weight excluding hydrogens is 469 g/mol. The topological polar surface area (TPSA) is 81.2 Å². The number of alkyl halides is 3. The number of amides is 1. The summed E-state index contributed by atoms with van der Waals surface area (Å²) >= 11 is 0. The third kappa shape index (κ3) is 4.61. The highest BCUT2D eigenvalue weighted by Gasteiger charge is 2.43. The van der Waals surface area contributed by atoms with E-state index < -0.39 is 17.2 Å². The van der Waals surface area contributed by atoms with E-state index in [4.69, 9.17) is 10.00 Å². The Morgan fingerprint density at radius 3 is 2.83 bits per heavy atom. The lowest BCUT2D eigenvalue weighted by molar-refractivity contribution is -0.138. The summed E-state index contributed by atoms with van der Waals surface area (Å²) in [7, 11) is 0. The van der Waals surface area contributed by atoms with Gasteiger partial charge in [-0.3, -0.25) is 4.79 Å². The zero-order chi connectivity index (χ0) is 25.5. The number of rotatable bonds is 5. The maximum Gasteiger partial charge on any atom is 0.416 e. The minimum absolute atomic E-state index is 0.00936. The lowest BCUT2D eigenvalue weighted by Gasteiger charge is -2.45. The summed E-state index contributed by atoms with van der Waals surface area (Å²) in [5.74, 6) is 0.944. The van der Waals surface area contributed by atoms with Crippen LogP contribution in [0.2, 0.25) is 0 Å². The van der Waals surface area contributed by atoms with Crippen LogP contribution in [0.5, 0.6) is 0 Å². The van der Waals surface area contributed by atoms with Crippen LogP contribution in [0.15, 0.2) is 18.2 Å². The van der Waals surface area contributed by atoms with Gasteiger partial charge in [-0.1, -0.05) is 6.92 Å². The third-order valence-electron chi connectivity index (χ3n) is 8.87. The molecule has 5 rings (SSSR count). The normalized spacial score (nSPS) is 26.1. The fraction of sp³-hybridized carbons (Fsp3) is 0.630. The summed E-state index contributed by atoms with van der Waals surface area (Å²) in [5.41, 5.74) is 1.79. The Labute approximate surface area is 209 Å². The number of hydrogen-bond donors (Lipinski definition) is 2. The Hall–Kier alpha value is -2.57. The van der Waals surface area contributed by atoms with Crippen molar-refractivity contribution in [3.8, 4) is 6.07 Å². The Kier molecular flexibility index (Phi) is 6.77. The van der Waals surface area contributed by atoms with Crippen molar-refractivity contribution in [2.24, 2.45) is 17.3 Å². The number of carbonyl (C=O) groups is 1. The Bertz CT molecular complexity index is 1160. The molecule has 3 aliphatic rings. The van der Waals surface area contributed by atoms with Crippen LogP contribution in [0, 0.1) is 28.6 Å². The first-order chi connectivity index (χ1) is 17.2. The quantitative estimate of drug-likeness (QED) is 0.585. The molecule has 1 aliphatic carbocycles. The second kappa shape index (κ2) is 9.71. The van der Waals surface area contributed by atoms with Crippen molar-refractivity contribution in [3.05, 3.63) is 35.0 Å². The highest BCUT2D eigenvalue weighted by molar-refractivity contribution is 5.86. The standard InChI is InChI=1S/C27H33F3N4O2/c1-17-21-16-34(11-5-26(6-12-36-13-7-26)25(35)32-9-8-31)10-4-18(21)14-23-24(17)20-15-19(27(28,29)30)2-3-22(20)33-23/h2-3,15,17-18,21,33H,4-7,9-14,16H2,1H3,(H,32,35)/t17-,18-,21-/m1/s1. The first kappa shape index (κ1) is 25.1. The fourth-order valence-electron chi connectivity index (χ4n) is 6.76. The molecule has 2 saturated heterocycles. The number of H-pyrrole nitrogens is 1. The molecule has 0 unspecified atom stereocenters. The van der Waals surface area contributed by atoms with Crippen LogP contribution in [-0.4, -0.2) is 55.2 Å². The first-order valence-corrected chi connectivity index (χ1v) is 12.9. The van der Waals surface area contributed by atoms with Crippen molar-refractivity contribution in [2.45, 2.75) is 51.1 Å². The third-order valence-corrected chi connectivity index (χ3v) is 8.87. The van der Waals surface area contributed by atoms with Crippen molar-refractivity contribution in [1.82, 2.24) is 15.2 Å². The minimum atomic E-state index is -4.36. The SMILES string of the molecule is C[C@H]1c2c([nH]c3ccc(C(F)(F)F)cc23)C[C@H]2CCN(CCC3(C(=O)NCC#N)CCOCC3)C[C@@H]21. The molecule has 2 aromatic rings. The number of nitriles is 1. The number of halogens is 3. The number of fused-ring (bicyclic) bond motifs is 4. The van der Waals surface area contributed by atoms with Gasteiger partial charge in [0.25, 0.3) is 0 Å². The van der Waals surface area contributed by atoms with Crippen LogP contribution < -0.4 is 5.32 Å². The molecule has 2 aliphatic heterocycles. The molecule has 3 atom stereocenters. The summed E-state index contributed by atoms with van der Waals surface area (Å²) in [6.07, 6.45) is -0.436. The highest BCUT2D eigenvalue weighted by Crippen LogP contribution is 2.47. The number of nitrogens with zero attached hydrogens (tertiary/aromatic N) is 2. The van der Waals surface area contributed by atoms with Crippen LogP contribution in [0.3, 0.4) is 0 Å². The maximum absolute atomic E-state index is 13.4. The Morgan fingerprint density at radius 1 is 1.33 bits per heavy atom. The van der Waals surface area contributed by atoms with Gasteiger partial charge in [0, 0.05) is 36.4 Å². The second-order valence-electron chi connectivity index (χ2n) is 10.8. The number of nitrogens with one attached hydrogen (secondary N) is 2. The van der Waals surface area contributed by atoms with E-state index >= 15 is 0 Å². The molecule has 2 fully saturated rings. The van der Waals surface area contributed by atoms with Crippen LogP contribution >= 0.6 is 0 Å². The molecule has 0 bridgehead atoms. The van der Waals surface area contributed by atoms with Crippen molar-refractivity contribution in [2.75, 3.05) is 39.4 Å². The molecule has 6 nitrogen and oxygen atoms in total. The van der Waals surface area contributed by atoms with Crippen LogP contribution in [0.1, 0.15) is 55.3 Å². The molecule has 1 aromatic heterocycles. The maximum atomic E-state index is 13.4. The van der Waals surface area contributed by atoms with Crippen molar-refractivity contribution >= 4 is 16.8 Å². The number of carbonyl (C=O) groups excluding carboxylic acids is 1. The number of likely N-dealkylation sites (tertiary alicyclic amines) is 1. The number of aromatic amines is 1. The number of piperidine rings is 1. The molecule has 2 N–H and O–H groups in total. The molecule has 36 heavy (non-hydrogen) atoms. The molecule has 1 aromatic carbocycles. The summed E-state index contributed by atoms with van der Waals surface area (Å²) in [5, 5.41) is 12.3. The summed E-state index contributed by atoms with van der Waals surface area (Å²) in [4.78, 5) is 18.8. The monoisotopic (exact) mass is 502 g/mol. The fourth-order valence-corrected chi connectivity index (χ4v) is 6.76. The molecule has 1 amide bonds. The largest absolute Gasteiger partial charge is 0.416 e. The second-order valence-corrected chi connectivity index (χ2v) is 10.8. The number of hydrogen-bond acceptors (Lipinski definition) is 4. The Morgan fingerprint density at radius 2 is 2.11 bits per heavy atom. The molecule has 0 spiro atoms. The van der Waals surface area contributed by atoms with Gasteiger partial charge in [-0.25, -0.2) is 0 Å². The van der Waals surface area contributed by atoms with Gasteiger partial charge >= 0.3 is 6.18 Å². The van der Waals surface area contributed by atoms with Gasteiger partial charge < -0.3 is 19.9 Å². The zero-order valence-electron chi connectivity index (χ0n) is 20.6. The van der Waals surface area contributed by atoms with Crippen LogP contribution in [-0.2, 0) is 22.1 Å². The van der Waals surface area contributed by atoms with E-state index in [1.54, 1.807) is 6.07 Å². The van der Waals surface area contributed by atoms with Gasteiger partial charge in [0.2, 0.25) is 5.91 Å². The van der Waals surface area contributed by atoms with Crippen molar-refractivity contribution in [3.63, 3.8) is 0 Å². The first-order valence-electron chi connectivity index (χ1n) is 12.9. The molecule has 194 valence electrons. The van der Waals surface area contributed by atoms with E-state index in [9.17, 15) is 18.0 Å². The predicted molar refractivity (Wildman–Crippen MR) is 129 cm³/mol. The van der Waals surface area contributed by atoms with Crippen molar-refractivity contribution < 1.29 is 22.7 Å². The average Bonchev–Trinajstić information content (AvgIpc) is 3.24.